The van der Waals surface area contributed by atoms with Crippen molar-refractivity contribution in [1.29, 1.82) is 0 Å². The number of hydrogen-bond donors (Lipinski definition) is 1. The molecule has 0 bridgehead atoms. The van der Waals surface area contributed by atoms with Gasteiger partial charge in [-0.05, 0) is 39.0 Å². The smallest absolute Gasteiger partial charge is 0.222 e. The highest BCUT2D eigenvalue weighted by atomic mass is 32.1. The minimum absolute atomic E-state index is 0.288. The van der Waals surface area contributed by atoms with Gasteiger partial charge in [0.1, 0.15) is 11.6 Å². The van der Waals surface area contributed by atoms with E-state index in [1.165, 1.54) is 32.1 Å². The first-order valence-electron chi connectivity index (χ1n) is 10.4. The maximum Gasteiger partial charge on any atom is 0.222 e. The van der Waals surface area contributed by atoms with Crippen molar-refractivity contribution < 1.29 is 4.79 Å². The third kappa shape index (κ3) is 4.69. The third-order valence-corrected chi connectivity index (χ3v) is 6.69. The van der Waals surface area contributed by atoms with E-state index in [0.717, 1.165) is 53.3 Å². The Labute approximate surface area is 170 Å². The molecule has 2 aromatic rings. The SMILES string of the molecule is Cc1nc(Nc2ncc(C)s2)cc([C@@H]2CCN(C(=O)CC3CCCCC3)C2)n1. The van der Waals surface area contributed by atoms with Crippen molar-refractivity contribution in [1.82, 2.24) is 19.9 Å². The van der Waals surface area contributed by atoms with E-state index in [9.17, 15) is 4.79 Å². The standard InChI is InChI=1S/C21H29N5OS/c1-14-12-22-21(28-14)25-19-11-18(23-15(2)24-19)17-8-9-26(13-17)20(27)10-16-6-4-3-5-7-16/h11-12,16-17H,3-10,13H2,1-2H3,(H,22,23,24,25)/t17-/m1/s1. The number of hydrogen-bond acceptors (Lipinski definition) is 6. The molecule has 1 saturated carbocycles. The van der Waals surface area contributed by atoms with Crippen LogP contribution in [0, 0.1) is 19.8 Å². The summed E-state index contributed by atoms with van der Waals surface area (Å²) in [5.41, 5.74) is 1.02. The highest BCUT2D eigenvalue weighted by molar-refractivity contribution is 7.15. The second kappa shape index (κ2) is 8.55. The van der Waals surface area contributed by atoms with E-state index in [0.29, 0.717) is 11.8 Å². The van der Waals surface area contributed by atoms with E-state index < -0.39 is 0 Å². The van der Waals surface area contributed by atoms with Crippen LogP contribution >= 0.6 is 11.3 Å². The molecule has 4 rings (SSSR count). The van der Waals surface area contributed by atoms with Crippen LogP contribution in [0.25, 0.3) is 0 Å². The van der Waals surface area contributed by atoms with Crippen LogP contribution < -0.4 is 5.32 Å². The molecule has 0 spiro atoms. The Morgan fingerprint density at radius 3 is 2.79 bits per heavy atom. The normalized spacial score (nSPS) is 20.5. The van der Waals surface area contributed by atoms with Crippen LogP contribution in [-0.2, 0) is 4.79 Å². The van der Waals surface area contributed by atoms with Gasteiger partial charge in [-0.25, -0.2) is 15.0 Å². The first-order valence-corrected chi connectivity index (χ1v) is 11.2. The Balaban J connectivity index is 1.39. The largest absolute Gasteiger partial charge is 0.342 e. The third-order valence-electron chi connectivity index (χ3n) is 5.86. The summed E-state index contributed by atoms with van der Waals surface area (Å²) < 4.78 is 0. The van der Waals surface area contributed by atoms with Gasteiger partial charge in [0.25, 0.3) is 0 Å². The average Bonchev–Trinajstić information content (AvgIpc) is 3.31. The lowest BCUT2D eigenvalue weighted by Gasteiger charge is -2.24. The molecule has 0 aromatic carbocycles. The minimum Gasteiger partial charge on any atom is -0.342 e. The molecule has 1 aliphatic carbocycles. The van der Waals surface area contributed by atoms with Crippen molar-refractivity contribution >= 4 is 28.2 Å². The van der Waals surface area contributed by atoms with E-state index in [2.05, 4.69) is 20.3 Å². The molecule has 28 heavy (non-hydrogen) atoms. The van der Waals surface area contributed by atoms with Gasteiger partial charge in [-0.15, -0.1) is 11.3 Å². The number of amides is 1. The number of aryl methyl sites for hydroxylation is 2. The number of aromatic nitrogens is 3. The second-order valence-corrected chi connectivity index (χ2v) is 9.39. The molecule has 7 heteroatoms. The number of nitrogens with zero attached hydrogens (tertiary/aromatic N) is 4. The van der Waals surface area contributed by atoms with Crippen molar-refractivity contribution in [2.75, 3.05) is 18.4 Å². The van der Waals surface area contributed by atoms with Gasteiger partial charge in [0.2, 0.25) is 5.91 Å². The van der Waals surface area contributed by atoms with Gasteiger partial charge in [-0.3, -0.25) is 4.79 Å². The Hall–Kier alpha value is -2.02. The van der Waals surface area contributed by atoms with Gasteiger partial charge in [-0.2, -0.15) is 0 Å². The molecule has 150 valence electrons. The van der Waals surface area contributed by atoms with Crippen LogP contribution in [0.1, 0.15) is 67.3 Å². The van der Waals surface area contributed by atoms with E-state index in [1.807, 2.05) is 31.0 Å². The van der Waals surface area contributed by atoms with Gasteiger partial charge < -0.3 is 10.2 Å². The first kappa shape index (κ1) is 19.3. The maximum absolute atomic E-state index is 12.7. The van der Waals surface area contributed by atoms with Crippen LogP contribution in [0.15, 0.2) is 12.3 Å². The molecule has 6 nitrogen and oxygen atoms in total. The molecule has 3 heterocycles. The second-order valence-electron chi connectivity index (χ2n) is 8.16. The van der Waals surface area contributed by atoms with E-state index >= 15 is 0 Å². The quantitative estimate of drug-likeness (QED) is 0.797. The molecule has 0 radical (unpaired) electrons. The molecule has 1 N–H and O–H groups in total. The molecule has 2 fully saturated rings. The summed E-state index contributed by atoms with van der Waals surface area (Å²) in [6.07, 6.45) is 9.91. The van der Waals surface area contributed by atoms with Crippen LogP contribution in [0.2, 0.25) is 0 Å². The van der Waals surface area contributed by atoms with E-state index in [4.69, 9.17) is 0 Å². The lowest BCUT2D eigenvalue weighted by molar-refractivity contribution is -0.131. The molecule has 2 aliphatic rings. The van der Waals surface area contributed by atoms with Crippen LogP contribution in [0.5, 0.6) is 0 Å². The summed E-state index contributed by atoms with van der Waals surface area (Å²) in [5, 5.41) is 4.14. The molecule has 1 aliphatic heterocycles. The summed E-state index contributed by atoms with van der Waals surface area (Å²) in [4.78, 5) is 29.5. The summed E-state index contributed by atoms with van der Waals surface area (Å²) in [7, 11) is 0. The lowest BCUT2D eigenvalue weighted by atomic mass is 9.87. The van der Waals surface area contributed by atoms with Crippen LogP contribution in [0.4, 0.5) is 10.9 Å². The van der Waals surface area contributed by atoms with Crippen LogP contribution in [-0.4, -0.2) is 38.8 Å². The van der Waals surface area contributed by atoms with Crippen molar-refractivity contribution in [3.8, 4) is 0 Å². The van der Waals surface area contributed by atoms with Gasteiger partial charge >= 0.3 is 0 Å². The molecule has 2 aromatic heterocycles. The highest BCUT2D eigenvalue weighted by Gasteiger charge is 2.30. The first-order chi connectivity index (χ1) is 13.6. The van der Waals surface area contributed by atoms with Crippen molar-refractivity contribution in [2.45, 2.75) is 64.7 Å². The molecule has 0 unspecified atom stereocenters. The van der Waals surface area contributed by atoms with Gasteiger partial charge in [0.05, 0.1) is 5.69 Å². The van der Waals surface area contributed by atoms with Gasteiger partial charge in [0.15, 0.2) is 5.13 Å². The Kier molecular flexibility index (Phi) is 5.90. The van der Waals surface area contributed by atoms with Crippen molar-refractivity contribution in [3.05, 3.63) is 28.7 Å². The number of rotatable bonds is 5. The number of nitrogens with one attached hydrogen (secondary N) is 1. The average molecular weight is 400 g/mol. The van der Waals surface area contributed by atoms with Gasteiger partial charge in [-0.1, -0.05) is 19.3 Å². The number of anilines is 2. The molecule has 1 amide bonds. The number of carbonyl (C=O) groups is 1. The maximum atomic E-state index is 12.7. The van der Waals surface area contributed by atoms with Crippen molar-refractivity contribution in [3.63, 3.8) is 0 Å². The Morgan fingerprint density at radius 1 is 1.21 bits per heavy atom. The molecular formula is C21H29N5OS. The monoisotopic (exact) mass is 399 g/mol. The molecule has 1 saturated heterocycles. The Morgan fingerprint density at radius 2 is 2.04 bits per heavy atom. The predicted molar refractivity (Wildman–Crippen MR) is 112 cm³/mol. The minimum atomic E-state index is 0.288. The summed E-state index contributed by atoms with van der Waals surface area (Å²) in [6, 6.07) is 2.02. The highest BCUT2D eigenvalue weighted by Crippen LogP contribution is 2.31. The van der Waals surface area contributed by atoms with E-state index in [1.54, 1.807) is 11.3 Å². The zero-order valence-corrected chi connectivity index (χ0v) is 17.6. The fraction of sp³-hybridized carbons (Fsp3) is 0.619. The zero-order valence-electron chi connectivity index (χ0n) is 16.8. The number of thiazole rings is 1. The van der Waals surface area contributed by atoms with Crippen LogP contribution in [0.3, 0.4) is 0 Å². The summed E-state index contributed by atoms with van der Waals surface area (Å²) >= 11 is 1.61. The predicted octanol–water partition coefficient (Wildman–Crippen LogP) is 4.58. The zero-order chi connectivity index (χ0) is 19.5. The topological polar surface area (TPSA) is 71.0 Å². The Bertz CT molecular complexity index is 830. The van der Waals surface area contributed by atoms with E-state index in [-0.39, 0.29) is 5.92 Å². The van der Waals surface area contributed by atoms with Gasteiger partial charge in [0, 0.05) is 42.6 Å². The fourth-order valence-corrected chi connectivity index (χ4v) is 5.05. The number of carbonyl (C=O) groups excluding carboxylic acids is 1. The number of likely N-dealkylation sites (tertiary alicyclic amines) is 1. The summed E-state index contributed by atoms with van der Waals surface area (Å²) in [6.45, 7) is 5.57. The fourth-order valence-electron chi connectivity index (χ4n) is 4.38. The summed E-state index contributed by atoms with van der Waals surface area (Å²) in [5.74, 6) is 2.75. The molecular weight excluding hydrogens is 370 g/mol. The molecule has 1 atom stereocenters. The van der Waals surface area contributed by atoms with Crippen molar-refractivity contribution in [2.24, 2.45) is 5.92 Å². The lowest BCUT2D eigenvalue weighted by Crippen LogP contribution is -2.30.